The maximum Gasteiger partial charge on any atom is 0.140 e. The summed E-state index contributed by atoms with van der Waals surface area (Å²) in [5.74, 6) is 0.453. The van der Waals surface area contributed by atoms with Crippen molar-refractivity contribution in [1.29, 1.82) is 0 Å². The number of hydrogen-bond acceptors (Lipinski definition) is 1. The fourth-order valence-corrected chi connectivity index (χ4v) is 3.81. The Morgan fingerprint density at radius 3 is 1.52 bits per heavy atom. The van der Waals surface area contributed by atoms with E-state index >= 15 is 0 Å². The number of unbranched alkanes of at least 4 members (excludes halogenated alkanes) is 14. The van der Waals surface area contributed by atoms with Crippen LogP contribution in [0.5, 0.6) is 0 Å². The minimum atomic E-state index is 0.0536. The van der Waals surface area contributed by atoms with Crippen LogP contribution in [-0.4, -0.2) is 5.78 Å². The van der Waals surface area contributed by atoms with Crippen molar-refractivity contribution in [3.05, 3.63) is 35.9 Å². The molecule has 1 aromatic carbocycles. The topological polar surface area (TPSA) is 17.1 Å². The van der Waals surface area contributed by atoms with Gasteiger partial charge in [0.1, 0.15) is 5.78 Å². The van der Waals surface area contributed by atoms with Crippen molar-refractivity contribution in [2.75, 3.05) is 0 Å². The van der Waals surface area contributed by atoms with Crippen LogP contribution in [0, 0.1) is 0 Å². The summed E-state index contributed by atoms with van der Waals surface area (Å²) in [7, 11) is 0. The van der Waals surface area contributed by atoms with E-state index in [4.69, 9.17) is 0 Å². The van der Waals surface area contributed by atoms with E-state index in [2.05, 4.69) is 19.1 Å². The molecule has 0 aliphatic carbocycles. The summed E-state index contributed by atoms with van der Waals surface area (Å²) >= 11 is 0. The van der Waals surface area contributed by atoms with Crippen LogP contribution in [0.3, 0.4) is 0 Å². The van der Waals surface area contributed by atoms with Gasteiger partial charge in [0.2, 0.25) is 0 Å². The molecule has 0 spiro atoms. The van der Waals surface area contributed by atoms with Crippen LogP contribution in [0.4, 0.5) is 0 Å². The minimum Gasteiger partial charge on any atom is -0.299 e. The van der Waals surface area contributed by atoms with Gasteiger partial charge in [0, 0.05) is 12.3 Å². The van der Waals surface area contributed by atoms with Gasteiger partial charge in [-0.2, -0.15) is 0 Å². The van der Waals surface area contributed by atoms with E-state index in [1.165, 1.54) is 89.9 Å². The molecular weight excluding hydrogens is 328 g/mol. The quantitative estimate of drug-likeness (QED) is 0.236. The first-order chi connectivity index (χ1) is 13.3. The average Bonchev–Trinajstić information content (AvgIpc) is 2.70. The predicted molar refractivity (Wildman–Crippen MR) is 119 cm³/mol. The van der Waals surface area contributed by atoms with Crippen LogP contribution in [-0.2, 0) is 4.79 Å². The Morgan fingerprint density at radius 2 is 1.07 bits per heavy atom. The summed E-state index contributed by atoms with van der Waals surface area (Å²) in [5.41, 5.74) is 1.16. The lowest BCUT2D eigenvalue weighted by atomic mass is 9.93. The summed E-state index contributed by atoms with van der Waals surface area (Å²) in [5, 5.41) is 0. The number of carbonyl (C=O) groups excluding carboxylic acids is 1. The van der Waals surface area contributed by atoms with Gasteiger partial charge in [-0.3, -0.25) is 4.79 Å². The lowest BCUT2D eigenvalue weighted by molar-refractivity contribution is -0.120. The number of ketones is 1. The number of benzene rings is 1. The molecule has 1 unspecified atom stereocenters. The predicted octanol–water partition coefficient (Wildman–Crippen LogP) is 8.62. The summed E-state index contributed by atoms with van der Waals surface area (Å²) in [6.07, 6.45) is 21.3. The highest BCUT2D eigenvalue weighted by atomic mass is 16.1. The largest absolute Gasteiger partial charge is 0.299 e. The highest BCUT2D eigenvalue weighted by molar-refractivity contribution is 5.85. The average molecular weight is 373 g/mol. The van der Waals surface area contributed by atoms with E-state index in [0.717, 1.165) is 18.4 Å². The Balaban J connectivity index is 1.84. The number of hydrogen-bond donors (Lipinski definition) is 0. The lowest BCUT2D eigenvalue weighted by Gasteiger charge is -2.10. The molecule has 0 saturated heterocycles. The van der Waals surface area contributed by atoms with E-state index in [0.29, 0.717) is 5.78 Å². The third kappa shape index (κ3) is 12.8. The Hall–Kier alpha value is -1.11. The van der Waals surface area contributed by atoms with Gasteiger partial charge in [-0.15, -0.1) is 0 Å². The molecule has 0 heterocycles. The van der Waals surface area contributed by atoms with Crippen LogP contribution >= 0.6 is 0 Å². The van der Waals surface area contributed by atoms with E-state index < -0.39 is 0 Å². The maximum absolute atomic E-state index is 12.3. The van der Waals surface area contributed by atoms with Crippen LogP contribution in [0.1, 0.15) is 128 Å². The van der Waals surface area contributed by atoms with Crippen molar-refractivity contribution >= 4 is 5.78 Å². The van der Waals surface area contributed by atoms with Crippen molar-refractivity contribution in [3.63, 3.8) is 0 Å². The van der Waals surface area contributed by atoms with Crippen molar-refractivity contribution in [2.45, 2.75) is 122 Å². The van der Waals surface area contributed by atoms with Crippen molar-refractivity contribution in [1.82, 2.24) is 0 Å². The first-order valence-corrected chi connectivity index (χ1v) is 11.8. The van der Waals surface area contributed by atoms with Gasteiger partial charge in [0.05, 0.1) is 0 Å². The van der Waals surface area contributed by atoms with Gasteiger partial charge in [-0.05, 0) is 12.0 Å². The second-order valence-corrected chi connectivity index (χ2v) is 8.30. The molecule has 1 aromatic rings. The van der Waals surface area contributed by atoms with Crippen LogP contribution in [0.2, 0.25) is 0 Å². The molecule has 27 heavy (non-hydrogen) atoms. The summed E-state index contributed by atoms with van der Waals surface area (Å²) in [4.78, 5) is 12.3. The maximum atomic E-state index is 12.3. The van der Waals surface area contributed by atoms with Gasteiger partial charge in [-0.25, -0.2) is 0 Å². The highest BCUT2D eigenvalue weighted by Crippen LogP contribution is 2.19. The smallest absolute Gasteiger partial charge is 0.140 e. The fraction of sp³-hybridized carbons (Fsp3) is 0.731. The summed E-state index contributed by atoms with van der Waals surface area (Å²) < 4.78 is 0. The molecule has 0 fully saturated rings. The number of rotatable bonds is 18. The third-order valence-corrected chi connectivity index (χ3v) is 5.81. The Bertz CT molecular complexity index is 451. The van der Waals surface area contributed by atoms with Crippen LogP contribution < -0.4 is 0 Å². The van der Waals surface area contributed by atoms with Gasteiger partial charge < -0.3 is 0 Å². The molecule has 0 aromatic heterocycles. The third-order valence-electron chi connectivity index (χ3n) is 5.81. The molecule has 1 nitrogen and oxygen atoms in total. The molecule has 0 amide bonds. The number of carbonyl (C=O) groups is 1. The summed E-state index contributed by atoms with van der Waals surface area (Å²) in [6.45, 7) is 4.33. The van der Waals surface area contributed by atoms with E-state index in [1.807, 2.05) is 25.1 Å². The fourth-order valence-electron chi connectivity index (χ4n) is 3.81. The van der Waals surface area contributed by atoms with Gasteiger partial charge in [0.15, 0.2) is 0 Å². The SMILES string of the molecule is CCCCCCCCCCCCCCCCCC(=O)C(C)c1ccccc1. The zero-order chi connectivity index (χ0) is 19.6. The van der Waals surface area contributed by atoms with E-state index in [1.54, 1.807) is 0 Å². The van der Waals surface area contributed by atoms with Crippen LogP contribution in [0.25, 0.3) is 0 Å². The second kappa shape index (κ2) is 17.0. The molecule has 1 heteroatoms. The summed E-state index contributed by atoms with van der Waals surface area (Å²) in [6, 6.07) is 10.2. The van der Waals surface area contributed by atoms with Gasteiger partial charge >= 0.3 is 0 Å². The standard InChI is InChI=1S/C26H44O/c1-3-4-5-6-7-8-9-10-11-12-13-14-15-16-20-23-26(27)24(2)25-21-18-17-19-22-25/h17-19,21-22,24H,3-16,20,23H2,1-2H3. The second-order valence-electron chi connectivity index (χ2n) is 8.30. The van der Waals surface area contributed by atoms with Crippen molar-refractivity contribution < 1.29 is 4.79 Å². The van der Waals surface area contributed by atoms with Crippen molar-refractivity contribution in [3.8, 4) is 0 Å². The molecule has 0 radical (unpaired) electrons. The molecule has 1 rings (SSSR count). The molecule has 0 N–H and O–H groups in total. The lowest BCUT2D eigenvalue weighted by Crippen LogP contribution is -2.08. The number of Topliss-reactive ketones (excluding diaryl/α,β-unsaturated/α-hetero) is 1. The van der Waals surface area contributed by atoms with E-state index in [9.17, 15) is 4.79 Å². The molecular formula is C26H44O. The molecule has 0 aliphatic heterocycles. The zero-order valence-electron chi connectivity index (χ0n) is 18.2. The molecule has 154 valence electrons. The first-order valence-electron chi connectivity index (χ1n) is 11.8. The molecule has 0 aliphatic rings. The highest BCUT2D eigenvalue weighted by Gasteiger charge is 2.13. The first kappa shape index (κ1) is 23.9. The molecule has 1 atom stereocenters. The Kier molecular flexibility index (Phi) is 15.1. The van der Waals surface area contributed by atoms with Gasteiger partial charge in [0.25, 0.3) is 0 Å². The van der Waals surface area contributed by atoms with E-state index in [-0.39, 0.29) is 5.92 Å². The van der Waals surface area contributed by atoms with Gasteiger partial charge in [-0.1, -0.05) is 134 Å². The normalized spacial score (nSPS) is 12.2. The minimum absolute atomic E-state index is 0.0536. The monoisotopic (exact) mass is 372 g/mol. The molecule has 0 saturated carbocycles. The molecule has 0 bridgehead atoms. The Morgan fingerprint density at radius 1 is 0.667 bits per heavy atom. The van der Waals surface area contributed by atoms with Crippen LogP contribution in [0.15, 0.2) is 30.3 Å². The zero-order valence-corrected chi connectivity index (χ0v) is 18.2. The Labute approximate surface area is 169 Å². The van der Waals surface area contributed by atoms with Crippen molar-refractivity contribution in [2.24, 2.45) is 0 Å².